The highest BCUT2D eigenvalue weighted by molar-refractivity contribution is 7.92. The van der Waals surface area contributed by atoms with Crippen LogP contribution in [0, 0.1) is 0 Å². The Hall–Kier alpha value is -3.20. The molecule has 2 atom stereocenters. The van der Waals surface area contributed by atoms with Crippen molar-refractivity contribution in [2.75, 3.05) is 23.7 Å². The number of sulfonamides is 1. The predicted octanol–water partition coefficient (Wildman–Crippen LogP) is 5.15. The van der Waals surface area contributed by atoms with Crippen LogP contribution >= 0.6 is 0 Å². The second kappa shape index (κ2) is 13.0. The van der Waals surface area contributed by atoms with E-state index in [1.165, 1.54) is 16.1 Å². The van der Waals surface area contributed by atoms with Gasteiger partial charge in [0.05, 0.1) is 31.2 Å². The normalized spacial score (nSPS) is 20.8. The van der Waals surface area contributed by atoms with E-state index in [2.05, 4.69) is 29.6 Å². The Labute approximate surface area is 238 Å². The Morgan fingerprint density at radius 1 is 1.02 bits per heavy atom. The van der Waals surface area contributed by atoms with Crippen LogP contribution in [0.15, 0.2) is 72.8 Å². The van der Waals surface area contributed by atoms with Crippen LogP contribution in [0.5, 0.6) is 0 Å². The van der Waals surface area contributed by atoms with Crippen LogP contribution in [-0.4, -0.2) is 39.3 Å². The number of fused-ring (bicyclic) bond motifs is 4. The predicted molar refractivity (Wildman–Crippen MR) is 161 cm³/mol. The molecule has 0 aliphatic carbocycles. The number of benzene rings is 3. The number of hydrogen-bond donors (Lipinski definition) is 2. The molecule has 0 saturated heterocycles. The van der Waals surface area contributed by atoms with E-state index in [9.17, 15) is 13.2 Å². The molecule has 3 N–H and O–H groups in total. The lowest BCUT2D eigenvalue weighted by atomic mass is 9.92. The maximum Gasteiger partial charge on any atom is 0.251 e. The summed E-state index contributed by atoms with van der Waals surface area (Å²) in [5.41, 5.74) is 11.0. The van der Waals surface area contributed by atoms with E-state index in [1.54, 1.807) is 18.2 Å². The average molecular weight is 564 g/mol. The third kappa shape index (κ3) is 8.16. The Morgan fingerprint density at radius 3 is 2.50 bits per heavy atom. The Balaban J connectivity index is 1.74. The minimum absolute atomic E-state index is 0.190. The standard InChI is InChI=1S/C32H41N3O4S/c1-4-16-35(40(3,37)38)29-19-26-18-28(20-29)31(36)34-30(27-13-6-5-7-14-27)15-9-11-24-10-8-12-25(17-24)21-32(2,33)23-39-22-26/h5-8,10,12-14,17-20,30H,4,9,11,15-16,21-23,33H2,1-3H3,(H,34,36). The molecule has 214 valence electrons. The van der Waals surface area contributed by atoms with Crippen molar-refractivity contribution < 1.29 is 17.9 Å². The van der Waals surface area contributed by atoms with Crippen LogP contribution in [0.3, 0.4) is 0 Å². The monoisotopic (exact) mass is 563 g/mol. The van der Waals surface area contributed by atoms with Crippen LogP contribution in [0.2, 0.25) is 0 Å². The minimum Gasteiger partial charge on any atom is -0.375 e. The summed E-state index contributed by atoms with van der Waals surface area (Å²) in [4.78, 5) is 13.7. The largest absolute Gasteiger partial charge is 0.375 e. The molecular formula is C32H41N3O4S. The number of nitrogens with zero attached hydrogens (tertiary/aromatic N) is 1. The summed E-state index contributed by atoms with van der Waals surface area (Å²) in [5.74, 6) is -0.253. The third-order valence-corrected chi connectivity index (χ3v) is 8.31. The highest BCUT2D eigenvalue weighted by atomic mass is 32.2. The van der Waals surface area contributed by atoms with Gasteiger partial charge in [0.25, 0.3) is 5.91 Å². The second-order valence-electron chi connectivity index (χ2n) is 11.2. The zero-order chi connectivity index (χ0) is 28.8. The van der Waals surface area contributed by atoms with E-state index >= 15 is 0 Å². The molecule has 1 aliphatic rings. The fourth-order valence-electron chi connectivity index (χ4n) is 5.30. The van der Waals surface area contributed by atoms with E-state index in [0.29, 0.717) is 42.8 Å². The third-order valence-electron chi connectivity index (χ3n) is 7.12. The van der Waals surface area contributed by atoms with Gasteiger partial charge in [0.1, 0.15) is 0 Å². The first-order chi connectivity index (χ1) is 19.0. The summed E-state index contributed by atoms with van der Waals surface area (Å²) in [5, 5.41) is 3.23. The summed E-state index contributed by atoms with van der Waals surface area (Å²) in [6.45, 7) is 4.72. The lowest BCUT2D eigenvalue weighted by Crippen LogP contribution is -2.43. The summed E-state index contributed by atoms with van der Waals surface area (Å²) in [6, 6.07) is 23.5. The Kier molecular flexibility index (Phi) is 9.66. The first-order valence-corrected chi connectivity index (χ1v) is 15.8. The smallest absolute Gasteiger partial charge is 0.251 e. The van der Waals surface area contributed by atoms with Crippen molar-refractivity contribution in [3.05, 3.63) is 101 Å². The number of hydrogen-bond acceptors (Lipinski definition) is 5. The maximum absolute atomic E-state index is 13.7. The molecule has 4 rings (SSSR count). The van der Waals surface area contributed by atoms with E-state index in [-0.39, 0.29) is 18.6 Å². The number of aryl methyl sites for hydroxylation is 1. The van der Waals surface area contributed by atoms with Gasteiger partial charge in [-0.25, -0.2) is 8.42 Å². The number of anilines is 1. The molecule has 8 heteroatoms. The van der Waals surface area contributed by atoms with Crippen LogP contribution < -0.4 is 15.4 Å². The van der Waals surface area contributed by atoms with Crippen LogP contribution in [0.25, 0.3) is 0 Å². The van der Waals surface area contributed by atoms with Gasteiger partial charge in [-0.1, -0.05) is 61.5 Å². The average Bonchev–Trinajstić information content (AvgIpc) is 2.90. The molecule has 40 heavy (non-hydrogen) atoms. The molecule has 4 bridgehead atoms. The molecule has 3 aromatic rings. The summed E-state index contributed by atoms with van der Waals surface area (Å²) in [7, 11) is -3.55. The number of nitrogens with one attached hydrogen (secondary N) is 1. The molecule has 0 spiro atoms. The molecular weight excluding hydrogens is 522 g/mol. The second-order valence-corrected chi connectivity index (χ2v) is 13.1. The molecule has 3 aromatic carbocycles. The summed E-state index contributed by atoms with van der Waals surface area (Å²) in [6.07, 6.45) is 5.01. The molecule has 0 fully saturated rings. The highest BCUT2D eigenvalue weighted by Crippen LogP contribution is 2.26. The molecule has 1 amide bonds. The van der Waals surface area contributed by atoms with Crippen molar-refractivity contribution in [3.63, 3.8) is 0 Å². The van der Waals surface area contributed by atoms with Gasteiger partial charge in [0, 0.05) is 17.6 Å². The SMILES string of the molecule is CCCN(c1cc2cc(c1)C(=O)NC(c1ccccc1)CCCc1cccc(c1)CC(C)(N)COC2)S(C)(=O)=O. The maximum atomic E-state index is 13.7. The van der Waals surface area contributed by atoms with E-state index in [0.717, 1.165) is 30.4 Å². The fraction of sp³-hybridized carbons (Fsp3) is 0.406. The summed E-state index contributed by atoms with van der Waals surface area (Å²) < 4.78 is 32.8. The van der Waals surface area contributed by atoms with Crippen LogP contribution in [-0.2, 0) is 34.2 Å². The first-order valence-electron chi connectivity index (χ1n) is 14.0. The van der Waals surface area contributed by atoms with Crippen molar-refractivity contribution >= 4 is 21.6 Å². The molecule has 0 radical (unpaired) electrons. The summed E-state index contributed by atoms with van der Waals surface area (Å²) >= 11 is 0. The number of carbonyl (C=O) groups excluding carboxylic acids is 1. The number of nitrogens with two attached hydrogens (primary N) is 1. The van der Waals surface area contributed by atoms with Gasteiger partial charge in [-0.05, 0) is 79.5 Å². The molecule has 1 heterocycles. The van der Waals surface area contributed by atoms with Gasteiger partial charge in [0.2, 0.25) is 10.0 Å². The van der Waals surface area contributed by atoms with Gasteiger partial charge >= 0.3 is 0 Å². The molecule has 0 saturated carbocycles. The zero-order valence-corrected chi connectivity index (χ0v) is 24.5. The van der Waals surface area contributed by atoms with E-state index in [4.69, 9.17) is 10.5 Å². The van der Waals surface area contributed by atoms with Crippen molar-refractivity contribution in [1.82, 2.24) is 5.32 Å². The lowest BCUT2D eigenvalue weighted by molar-refractivity contribution is 0.0790. The van der Waals surface area contributed by atoms with Gasteiger partial charge in [-0.15, -0.1) is 0 Å². The topological polar surface area (TPSA) is 102 Å². The zero-order valence-electron chi connectivity index (χ0n) is 23.7. The van der Waals surface area contributed by atoms with E-state index < -0.39 is 15.6 Å². The fourth-order valence-corrected chi connectivity index (χ4v) is 6.30. The number of carbonyl (C=O) groups is 1. The first kappa shape index (κ1) is 29.8. The van der Waals surface area contributed by atoms with Gasteiger partial charge in [-0.2, -0.15) is 0 Å². The van der Waals surface area contributed by atoms with Gasteiger partial charge in [0.15, 0.2) is 0 Å². The highest BCUT2D eigenvalue weighted by Gasteiger charge is 2.23. The number of ether oxygens (including phenoxy) is 1. The van der Waals surface area contributed by atoms with Crippen molar-refractivity contribution in [1.29, 1.82) is 0 Å². The van der Waals surface area contributed by atoms with E-state index in [1.807, 2.05) is 44.2 Å². The van der Waals surface area contributed by atoms with Gasteiger partial charge in [-0.3, -0.25) is 9.10 Å². The molecule has 2 unspecified atom stereocenters. The van der Waals surface area contributed by atoms with Crippen molar-refractivity contribution in [3.8, 4) is 0 Å². The van der Waals surface area contributed by atoms with Gasteiger partial charge < -0.3 is 15.8 Å². The Bertz CT molecular complexity index is 1410. The van der Waals surface area contributed by atoms with Crippen molar-refractivity contribution in [2.45, 2.75) is 64.1 Å². The molecule has 7 nitrogen and oxygen atoms in total. The van der Waals surface area contributed by atoms with Crippen LogP contribution in [0.1, 0.15) is 71.8 Å². The molecule has 1 aliphatic heterocycles. The number of amides is 1. The number of rotatable bonds is 5. The van der Waals surface area contributed by atoms with Crippen LogP contribution in [0.4, 0.5) is 5.69 Å². The molecule has 0 aromatic heterocycles. The Morgan fingerprint density at radius 2 is 1.77 bits per heavy atom. The lowest BCUT2D eigenvalue weighted by Gasteiger charge is -2.26. The quantitative estimate of drug-likeness (QED) is 0.447. The van der Waals surface area contributed by atoms with Crippen molar-refractivity contribution in [2.24, 2.45) is 5.73 Å². The minimum atomic E-state index is -3.55.